The third kappa shape index (κ3) is 5.08. The van der Waals surface area contributed by atoms with Gasteiger partial charge in [-0.1, -0.05) is 6.92 Å². The molecule has 5 rings (SSSR count). The lowest BCUT2D eigenvalue weighted by molar-refractivity contribution is 0.0783. The van der Waals surface area contributed by atoms with Crippen molar-refractivity contribution in [2.24, 2.45) is 0 Å². The second-order valence-electron chi connectivity index (χ2n) is 9.49. The zero-order chi connectivity index (χ0) is 28.7. The normalized spacial score (nSPS) is 15.9. The van der Waals surface area contributed by atoms with Crippen molar-refractivity contribution < 1.29 is 27.5 Å². The molecule has 208 valence electrons. The maximum atomic E-state index is 14.3. The maximum Gasteiger partial charge on any atom is 0.290 e. The van der Waals surface area contributed by atoms with Gasteiger partial charge in [-0.15, -0.1) is 11.3 Å². The third-order valence-corrected chi connectivity index (χ3v) is 7.75. The van der Waals surface area contributed by atoms with Crippen molar-refractivity contribution in [2.45, 2.75) is 38.6 Å². The van der Waals surface area contributed by atoms with Gasteiger partial charge in [-0.3, -0.25) is 19.1 Å². The Morgan fingerprint density at radius 3 is 2.48 bits per heavy atom. The average Bonchev–Trinajstić information content (AvgIpc) is 3.54. The molecule has 0 spiro atoms. The number of nitrogens with zero attached hydrogens (tertiary/aromatic N) is 5. The minimum absolute atomic E-state index is 0.00915. The van der Waals surface area contributed by atoms with Gasteiger partial charge in [-0.2, -0.15) is 4.98 Å². The topological polar surface area (TPSA) is 101 Å². The van der Waals surface area contributed by atoms with E-state index in [1.54, 1.807) is 19.2 Å². The number of hydrogen-bond acceptors (Lipinski definition) is 7. The summed E-state index contributed by atoms with van der Waals surface area (Å²) in [6, 6.07) is 2.70. The van der Waals surface area contributed by atoms with Gasteiger partial charge < -0.3 is 10.0 Å². The zero-order valence-corrected chi connectivity index (χ0v) is 22.2. The summed E-state index contributed by atoms with van der Waals surface area (Å²) in [5, 5.41) is 13.4. The maximum absolute atomic E-state index is 14.3. The van der Waals surface area contributed by atoms with Crippen molar-refractivity contribution in [1.82, 2.24) is 24.4 Å². The van der Waals surface area contributed by atoms with E-state index in [1.165, 1.54) is 9.47 Å². The molecule has 1 unspecified atom stereocenters. The molecule has 1 saturated heterocycles. The molecular formula is C27H23F4N5O3S. The standard InChI is InChI=1S/C27H23F4N5O3S/c1-3-20(15-6-16(28)8-17(29)7-15)36-23(25-33-13(2)12-40-25)34-24(37)21(27(36)39)26(38)35-5-4-14(11-35)22-19(31)9-18(30)10-32-22/h6-10,12,14,20,39H,3-5,11H2,1-2H3/t14?,20-/m0/s1. The van der Waals surface area contributed by atoms with Crippen LogP contribution in [0.5, 0.6) is 5.88 Å². The lowest BCUT2D eigenvalue weighted by Gasteiger charge is -2.25. The highest BCUT2D eigenvalue weighted by Gasteiger charge is 2.35. The lowest BCUT2D eigenvalue weighted by atomic mass is 10.0. The van der Waals surface area contributed by atoms with E-state index in [0.717, 1.165) is 29.7 Å². The van der Waals surface area contributed by atoms with E-state index in [2.05, 4.69) is 15.0 Å². The number of carbonyl (C=O) groups excluding carboxylic acids is 1. The van der Waals surface area contributed by atoms with Gasteiger partial charge in [0.1, 0.15) is 23.3 Å². The number of thiazole rings is 1. The number of amides is 1. The Bertz CT molecular complexity index is 1650. The first-order valence-corrected chi connectivity index (χ1v) is 13.3. The molecule has 8 nitrogen and oxygen atoms in total. The third-order valence-electron chi connectivity index (χ3n) is 6.79. The van der Waals surface area contributed by atoms with Crippen LogP contribution in [-0.2, 0) is 0 Å². The second kappa shape index (κ2) is 10.8. The quantitative estimate of drug-likeness (QED) is 0.327. The summed E-state index contributed by atoms with van der Waals surface area (Å²) in [6.07, 6.45) is 1.38. The van der Waals surface area contributed by atoms with Crippen LogP contribution < -0.4 is 5.56 Å². The van der Waals surface area contributed by atoms with Gasteiger partial charge in [0.15, 0.2) is 16.4 Å². The molecule has 0 bridgehead atoms. The number of carbonyl (C=O) groups is 1. The molecule has 1 aromatic carbocycles. The summed E-state index contributed by atoms with van der Waals surface area (Å²) in [5.74, 6) is -5.56. The number of halogens is 4. The van der Waals surface area contributed by atoms with Crippen molar-refractivity contribution in [2.75, 3.05) is 13.1 Å². The van der Waals surface area contributed by atoms with Crippen LogP contribution >= 0.6 is 11.3 Å². The fourth-order valence-corrected chi connectivity index (χ4v) is 5.78. The average molecular weight is 574 g/mol. The minimum atomic E-state index is -1.02. The Kier molecular flexibility index (Phi) is 7.41. The molecule has 1 aliphatic heterocycles. The first kappa shape index (κ1) is 27.4. The highest BCUT2D eigenvalue weighted by molar-refractivity contribution is 7.13. The molecule has 3 aromatic heterocycles. The molecule has 4 heterocycles. The number of aryl methyl sites for hydroxylation is 1. The Balaban J connectivity index is 1.60. The van der Waals surface area contributed by atoms with Gasteiger partial charge in [0.25, 0.3) is 11.5 Å². The van der Waals surface area contributed by atoms with Crippen LogP contribution in [-0.4, -0.2) is 48.5 Å². The van der Waals surface area contributed by atoms with Crippen LogP contribution in [0.4, 0.5) is 17.6 Å². The molecule has 2 atom stereocenters. The molecule has 13 heteroatoms. The van der Waals surface area contributed by atoms with E-state index in [0.29, 0.717) is 24.2 Å². The Morgan fingerprint density at radius 2 is 1.85 bits per heavy atom. The molecule has 1 amide bonds. The minimum Gasteiger partial charge on any atom is -0.494 e. The largest absolute Gasteiger partial charge is 0.494 e. The Hall–Kier alpha value is -4.13. The number of benzene rings is 1. The van der Waals surface area contributed by atoms with Gasteiger partial charge in [0, 0.05) is 42.2 Å². The van der Waals surface area contributed by atoms with Gasteiger partial charge in [0.2, 0.25) is 5.88 Å². The van der Waals surface area contributed by atoms with E-state index in [-0.39, 0.29) is 41.6 Å². The first-order chi connectivity index (χ1) is 19.1. The van der Waals surface area contributed by atoms with Crippen molar-refractivity contribution in [1.29, 1.82) is 0 Å². The van der Waals surface area contributed by atoms with Crippen LogP contribution in [0.15, 0.2) is 40.6 Å². The van der Waals surface area contributed by atoms with E-state index in [4.69, 9.17) is 0 Å². The van der Waals surface area contributed by atoms with Crippen LogP contribution in [0.3, 0.4) is 0 Å². The molecule has 1 aliphatic rings. The number of hydrogen-bond donors (Lipinski definition) is 1. The van der Waals surface area contributed by atoms with Gasteiger partial charge in [-0.05, 0) is 37.5 Å². The first-order valence-electron chi connectivity index (χ1n) is 12.4. The van der Waals surface area contributed by atoms with Crippen LogP contribution in [0, 0.1) is 30.2 Å². The molecule has 0 aliphatic carbocycles. The summed E-state index contributed by atoms with van der Waals surface area (Å²) in [5.41, 5.74) is -0.898. The summed E-state index contributed by atoms with van der Waals surface area (Å²) in [4.78, 5) is 40.3. The molecular weight excluding hydrogens is 550 g/mol. The molecule has 40 heavy (non-hydrogen) atoms. The van der Waals surface area contributed by atoms with Crippen molar-refractivity contribution in [3.05, 3.63) is 92.0 Å². The van der Waals surface area contributed by atoms with Crippen molar-refractivity contribution >= 4 is 17.2 Å². The van der Waals surface area contributed by atoms with Gasteiger partial charge in [-0.25, -0.2) is 22.5 Å². The van der Waals surface area contributed by atoms with Gasteiger partial charge >= 0.3 is 0 Å². The highest BCUT2D eigenvalue weighted by atomic mass is 32.1. The Morgan fingerprint density at radius 1 is 1.12 bits per heavy atom. The number of pyridine rings is 1. The van der Waals surface area contributed by atoms with Crippen molar-refractivity contribution in [3.63, 3.8) is 0 Å². The van der Waals surface area contributed by atoms with E-state index >= 15 is 0 Å². The SMILES string of the molecule is CC[C@@H](c1cc(F)cc(F)c1)n1c(-c2nc(C)cs2)nc(=O)c(C(=O)N2CCC(c3ncc(F)cc3F)C2)c1O. The predicted molar refractivity (Wildman–Crippen MR) is 138 cm³/mol. The number of likely N-dealkylation sites (tertiary alicyclic amines) is 1. The number of rotatable bonds is 6. The molecule has 0 radical (unpaired) electrons. The van der Waals surface area contributed by atoms with E-state index < -0.39 is 58.1 Å². The van der Waals surface area contributed by atoms with E-state index in [9.17, 15) is 32.3 Å². The lowest BCUT2D eigenvalue weighted by Crippen LogP contribution is -2.35. The molecule has 0 saturated carbocycles. The number of aromatic nitrogens is 4. The summed E-state index contributed by atoms with van der Waals surface area (Å²) in [7, 11) is 0. The summed E-state index contributed by atoms with van der Waals surface area (Å²) in [6.45, 7) is 3.51. The highest BCUT2D eigenvalue weighted by Crippen LogP contribution is 2.36. The zero-order valence-electron chi connectivity index (χ0n) is 21.4. The Labute approximate surface area is 229 Å². The molecule has 1 N–H and O–H groups in total. The summed E-state index contributed by atoms with van der Waals surface area (Å²) >= 11 is 1.15. The predicted octanol–water partition coefficient (Wildman–Crippen LogP) is 4.96. The fraction of sp³-hybridized carbons (Fsp3) is 0.296. The summed E-state index contributed by atoms with van der Waals surface area (Å²) < 4.78 is 57.2. The molecule has 1 fully saturated rings. The monoisotopic (exact) mass is 573 g/mol. The number of aromatic hydroxyl groups is 1. The smallest absolute Gasteiger partial charge is 0.290 e. The van der Waals surface area contributed by atoms with Crippen molar-refractivity contribution in [3.8, 4) is 16.7 Å². The molecule has 4 aromatic rings. The van der Waals surface area contributed by atoms with Gasteiger partial charge in [0.05, 0.1) is 17.9 Å². The fourth-order valence-electron chi connectivity index (χ4n) is 5.00. The van der Waals surface area contributed by atoms with Crippen LogP contribution in [0.25, 0.3) is 10.8 Å². The van der Waals surface area contributed by atoms with Crippen LogP contribution in [0.2, 0.25) is 0 Å². The van der Waals surface area contributed by atoms with Crippen LogP contribution in [0.1, 0.15) is 59.0 Å². The van der Waals surface area contributed by atoms with E-state index in [1.807, 2.05) is 0 Å². The second-order valence-corrected chi connectivity index (χ2v) is 10.3.